The van der Waals surface area contributed by atoms with Crippen LogP contribution in [0, 0.1) is 0 Å². The van der Waals surface area contributed by atoms with Gasteiger partial charge in [0.25, 0.3) is 0 Å². The Hall–Kier alpha value is -3.85. The van der Waals surface area contributed by atoms with Crippen LogP contribution in [-0.2, 0) is 30.7 Å². The van der Waals surface area contributed by atoms with Gasteiger partial charge in [0, 0.05) is 41.3 Å². The number of nitrogens with one attached hydrogen (secondary N) is 1. The van der Waals surface area contributed by atoms with E-state index in [2.05, 4.69) is 46.6 Å². The maximum Gasteiger partial charge on any atom is 0.341 e. The Labute approximate surface area is 256 Å². The van der Waals surface area contributed by atoms with Crippen molar-refractivity contribution in [3.05, 3.63) is 93.9 Å². The average Bonchev–Trinajstić information content (AvgIpc) is 3.50. The lowest BCUT2D eigenvalue weighted by Crippen LogP contribution is -2.46. The van der Waals surface area contributed by atoms with Gasteiger partial charge < -0.3 is 24.9 Å². The van der Waals surface area contributed by atoms with Crippen LogP contribution in [0.15, 0.2) is 71.1 Å². The van der Waals surface area contributed by atoms with E-state index in [9.17, 15) is 4.79 Å². The largest absolute Gasteiger partial charge is 0.497 e. The Morgan fingerprint density at radius 3 is 2.56 bits per heavy atom. The Morgan fingerprint density at radius 2 is 1.79 bits per heavy atom. The quantitative estimate of drug-likeness (QED) is 0.140. The third-order valence-electron chi connectivity index (χ3n) is 7.98. The summed E-state index contributed by atoms with van der Waals surface area (Å²) >= 11 is 1.51. The third-order valence-corrected chi connectivity index (χ3v) is 9.03. The van der Waals surface area contributed by atoms with E-state index in [0.29, 0.717) is 10.6 Å². The second-order valence-corrected chi connectivity index (χ2v) is 13.4. The molecule has 0 radical (unpaired) electrons. The van der Waals surface area contributed by atoms with Gasteiger partial charge in [-0.2, -0.15) is 0 Å². The molecule has 0 spiro atoms. The second kappa shape index (κ2) is 12.0. The number of nitrogens with zero attached hydrogens (tertiary/aromatic N) is 1. The predicted molar refractivity (Wildman–Crippen MR) is 174 cm³/mol. The molecule has 0 aliphatic carbocycles. The van der Waals surface area contributed by atoms with Crippen molar-refractivity contribution in [1.82, 2.24) is 10.2 Å². The summed E-state index contributed by atoms with van der Waals surface area (Å²) in [5, 5.41) is 6.56. The minimum atomic E-state index is -0.583. The van der Waals surface area contributed by atoms with Crippen molar-refractivity contribution < 1.29 is 18.7 Å². The topological polar surface area (TPSA) is 90.0 Å². The van der Waals surface area contributed by atoms with Gasteiger partial charge in [-0.3, -0.25) is 4.90 Å². The lowest BCUT2D eigenvalue weighted by Gasteiger charge is -2.36. The molecule has 0 amide bonds. The molecule has 0 fully saturated rings. The number of carbonyl (C=O) groups excluding carboxylic acids is 1. The number of benzene rings is 3. The Morgan fingerprint density at radius 1 is 1.05 bits per heavy atom. The molecule has 5 aromatic rings. The van der Waals surface area contributed by atoms with Crippen molar-refractivity contribution in [2.75, 3.05) is 25.9 Å². The van der Waals surface area contributed by atoms with Crippen molar-refractivity contribution in [2.45, 2.75) is 58.3 Å². The van der Waals surface area contributed by atoms with E-state index in [4.69, 9.17) is 19.6 Å². The van der Waals surface area contributed by atoms with Crippen molar-refractivity contribution >= 4 is 44.2 Å². The monoisotopic (exact) mass is 597 g/mol. The lowest BCUT2D eigenvalue weighted by atomic mass is 9.95. The Bertz CT molecular complexity index is 1750. The lowest BCUT2D eigenvalue weighted by molar-refractivity contribution is 0.00688. The highest BCUT2D eigenvalue weighted by Gasteiger charge is 2.34. The summed E-state index contributed by atoms with van der Waals surface area (Å²) in [5.74, 6) is 0.512. The molecule has 1 atom stereocenters. The molecule has 3 N–H and O–H groups in total. The van der Waals surface area contributed by atoms with E-state index < -0.39 is 5.60 Å². The van der Waals surface area contributed by atoms with Gasteiger partial charge in [0.05, 0.1) is 12.7 Å². The van der Waals surface area contributed by atoms with Crippen LogP contribution in [0.1, 0.15) is 52.7 Å². The van der Waals surface area contributed by atoms with E-state index in [1.54, 1.807) is 7.11 Å². The summed E-state index contributed by atoms with van der Waals surface area (Å²) in [6.07, 6.45) is 1.63. The van der Waals surface area contributed by atoms with Crippen molar-refractivity contribution in [3.63, 3.8) is 0 Å². The zero-order valence-corrected chi connectivity index (χ0v) is 26.1. The number of furan rings is 1. The van der Waals surface area contributed by atoms with Crippen molar-refractivity contribution in [3.8, 4) is 5.75 Å². The van der Waals surface area contributed by atoms with Crippen LogP contribution in [0.25, 0.3) is 21.9 Å². The van der Waals surface area contributed by atoms with Crippen LogP contribution in [0.2, 0.25) is 0 Å². The minimum absolute atomic E-state index is 0.185. The SMILES string of the molecule is COc1ccc(CN2Cc3sc(N)c(C(=O)OC(C)(C)C)c3CC2CNCCc2ccc3oc4ccccc4c3c2)cc1. The van der Waals surface area contributed by atoms with Crippen LogP contribution < -0.4 is 15.8 Å². The van der Waals surface area contributed by atoms with Gasteiger partial charge in [0.1, 0.15) is 27.5 Å². The van der Waals surface area contributed by atoms with Crippen LogP contribution in [-0.4, -0.2) is 42.7 Å². The molecular formula is C35H39N3O4S. The molecule has 7 nitrogen and oxygen atoms in total. The smallest absolute Gasteiger partial charge is 0.341 e. The summed E-state index contributed by atoms with van der Waals surface area (Å²) in [4.78, 5) is 16.8. The van der Waals surface area contributed by atoms with Crippen LogP contribution in [0.3, 0.4) is 0 Å². The normalized spacial score (nSPS) is 15.6. The number of hydrogen-bond acceptors (Lipinski definition) is 8. The number of fused-ring (bicyclic) bond motifs is 4. The molecule has 1 unspecified atom stereocenters. The molecule has 8 heteroatoms. The number of esters is 1. The highest BCUT2D eigenvalue weighted by Crippen LogP contribution is 2.38. The summed E-state index contributed by atoms with van der Waals surface area (Å²) in [6, 6.07) is 23.1. The first-order valence-corrected chi connectivity index (χ1v) is 15.6. The number of carbonyl (C=O) groups is 1. The highest BCUT2D eigenvalue weighted by atomic mass is 32.1. The van der Waals surface area contributed by atoms with E-state index in [1.807, 2.05) is 51.1 Å². The number of nitrogens with two attached hydrogens (primary N) is 1. The molecular weight excluding hydrogens is 558 g/mol. The van der Waals surface area contributed by atoms with Crippen LogP contribution in [0.5, 0.6) is 5.75 Å². The number of thiophene rings is 1. The first-order chi connectivity index (χ1) is 20.7. The van der Waals surface area contributed by atoms with Gasteiger partial charge in [-0.15, -0.1) is 11.3 Å². The minimum Gasteiger partial charge on any atom is -0.497 e. The fourth-order valence-corrected chi connectivity index (χ4v) is 7.00. The van der Waals surface area contributed by atoms with Crippen LogP contribution >= 0.6 is 11.3 Å². The molecule has 43 heavy (non-hydrogen) atoms. The number of ether oxygens (including phenoxy) is 2. The molecule has 1 aliphatic heterocycles. The Kier molecular flexibility index (Phi) is 8.18. The number of rotatable bonds is 9. The van der Waals surface area contributed by atoms with Crippen LogP contribution in [0.4, 0.5) is 5.00 Å². The van der Waals surface area contributed by atoms with E-state index in [0.717, 1.165) is 77.1 Å². The molecule has 2 aromatic heterocycles. The van der Waals surface area contributed by atoms with Gasteiger partial charge >= 0.3 is 5.97 Å². The van der Waals surface area contributed by atoms with Gasteiger partial charge in [-0.05, 0) is 87.2 Å². The standard InChI is InChI=1S/C35H39N3O4S/c1-35(2,3)42-34(39)32-28-18-24(38(21-31(28)43-33(32)36)20-23-9-12-25(40-4)13-10-23)19-37-16-15-22-11-14-30-27(17-22)26-7-5-6-8-29(26)41-30/h5-14,17,24,37H,15-16,18-21,36H2,1-4H3. The number of anilines is 1. The molecule has 6 rings (SSSR count). The molecule has 3 aromatic carbocycles. The first-order valence-electron chi connectivity index (χ1n) is 14.8. The number of hydrogen-bond donors (Lipinski definition) is 2. The van der Waals surface area contributed by atoms with Gasteiger partial charge in [-0.1, -0.05) is 36.4 Å². The fourth-order valence-electron chi connectivity index (χ4n) is 5.89. The maximum atomic E-state index is 13.2. The zero-order valence-electron chi connectivity index (χ0n) is 25.2. The molecule has 0 bridgehead atoms. The molecule has 1 aliphatic rings. The number of methoxy groups -OCH3 is 1. The summed E-state index contributed by atoms with van der Waals surface area (Å²) in [5.41, 5.74) is 11.7. The third kappa shape index (κ3) is 6.42. The van der Waals surface area contributed by atoms with Gasteiger partial charge in [0.2, 0.25) is 0 Å². The maximum absolute atomic E-state index is 13.2. The Balaban J connectivity index is 1.18. The summed E-state index contributed by atoms with van der Waals surface area (Å²) in [6.45, 7) is 8.80. The summed E-state index contributed by atoms with van der Waals surface area (Å²) < 4.78 is 17.1. The molecule has 0 saturated carbocycles. The van der Waals surface area contributed by atoms with E-state index >= 15 is 0 Å². The summed E-state index contributed by atoms with van der Waals surface area (Å²) in [7, 11) is 1.68. The van der Waals surface area contributed by atoms with Crippen molar-refractivity contribution in [1.29, 1.82) is 0 Å². The number of nitrogen functional groups attached to an aromatic ring is 1. The molecule has 224 valence electrons. The number of para-hydroxylation sites is 1. The predicted octanol–water partition coefficient (Wildman–Crippen LogP) is 6.95. The van der Waals surface area contributed by atoms with E-state index in [-0.39, 0.29) is 12.0 Å². The second-order valence-electron chi connectivity index (χ2n) is 12.2. The van der Waals surface area contributed by atoms with Gasteiger partial charge in [-0.25, -0.2) is 4.79 Å². The highest BCUT2D eigenvalue weighted by molar-refractivity contribution is 7.16. The van der Waals surface area contributed by atoms with Gasteiger partial charge in [0.15, 0.2) is 0 Å². The first kappa shape index (κ1) is 29.2. The molecule has 0 saturated heterocycles. The van der Waals surface area contributed by atoms with Crippen molar-refractivity contribution in [2.24, 2.45) is 0 Å². The fraction of sp³-hybridized carbons (Fsp3) is 0.343. The van der Waals surface area contributed by atoms with E-state index in [1.165, 1.54) is 22.5 Å². The zero-order chi connectivity index (χ0) is 30.1. The average molecular weight is 598 g/mol. The molecule has 3 heterocycles.